The van der Waals surface area contributed by atoms with Gasteiger partial charge in [0, 0.05) is 6.42 Å². The Morgan fingerprint density at radius 1 is 0.786 bits per heavy atom. The second-order valence-corrected chi connectivity index (χ2v) is 8.76. The van der Waals surface area contributed by atoms with E-state index in [4.69, 9.17) is 4.28 Å². The van der Waals surface area contributed by atoms with Crippen molar-refractivity contribution in [3.05, 3.63) is 60.7 Å². The highest BCUT2D eigenvalue weighted by Crippen LogP contribution is 2.14. The zero-order valence-electron chi connectivity index (χ0n) is 15.3. The van der Waals surface area contributed by atoms with E-state index >= 15 is 0 Å². The van der Waals surface area contributed by atoms with Gasteiger partial charge >= 0.3 is 20.2 Å². The van der Waals surface area contributed by atoms with Gasteiger partial charge in [0.1, 0.15) is 9.79 Å². The van der Waals surface area contributed by atoms with Crippen molar-refractivity contribution < 1.29 is 25.4 Å². The van der Waals surface area contributed by atoms with Crippen LogP contribution in [0.1, 0.15) is 26.7 Å². The smallest absolute Gasteiger partial charge is 0.265 e. The van der Waals surface area contributed by atoms with Crippen molar-refractivity contribution in [3.63, 3.8) is 0 Å². The first-order chi connectivity index (χ1) is 13.2. The number of nitrogens with zero attached hydrogens (tertiary/aromatic N) is 2. The Kier molecular flexibility index (Phi) is 7.30. The lowest BCUT2D eigenvalue weighted by Crippen LogP contribution is -2.10. The van der Waals surface area contributed by atoms with Crippen LogP contribution in [0.5, 0.6) is 0 Å². The highest BCUT2D eigenvalue weighted by atomic mass is 32.2. The van der Waals surface area contributed by atoms with Gasteiger partial charge in [-0.25, -0.2) is 0 Å². The molecule has 0 radical (unpaired) electrons. The van der Waals surface area contributed by atoms with Gasteiger partial charge in [0.15, 0.2) is 0 Å². The molecule has 0 N–H and O–H groups in total. The normalized spacial score (nSPS) is 13.2. The molecule has 8 nitrogen and oxygen atoms in total. The monoisotopic (exact) mass is 424 g/mol. The summed E-state index contributed by atoms with van der Waals surface area (Å²) in [6, 6.07) is 15.2. The van der Waals surface area contributed by atoms with E-state index in [1.165, 1.54) is 31.2 Å². The van der Waals surface area contributed by atoms with Gasteiger partial charge in [-0.3, -0.25) is 8.57 Å². The Bertz CT molecular complexity index is 1050. The van der Waals surface area contributed by atoms with Gasteiger partial charge in [0.2, 0.25) is 0 Å². The highest BCUT2D eigenvalue weighted by molar-refractivity contribution is 7.87. The largest absolute Gasteiger partial charge is 0.358 e. The molecule has 10 heteroatoms. The number of hydrogen-bond donors (Lipinski definition) is 0. The molecular formula is C18H20N2O6S2. The average Bonchev–Trinajstić information content (AvgIpc) is 2.71. The predicted octanol–water partition coefficient (Wildman–Crippen LogP) is 3.33. The van der Waals surface area contributed by atoms with E-state index < -0.39 is 20.2 Å². The lowest BCUT2D eigenvalue weighted by molar-refractivity contribution is 0.335. The third-order valence-electron chi connectivity index (χ3n) is 3.49. The second kappa shape index (κ2) is 9.47. The van der Waals surface area contributed by atoms with Crippen LogP contribution in [-0.2, 0) is 28.8 Å². The number of oxime groups is 2. The van der Waals surface area contributed by atoms with Crippen LogP contribution in [0.15, 0.2) is 80.8 Å². The summed E-state index contributed by atoms with van der Waals surface area (Å²) >= 11 is 0. The molecule has 0 spiro atoms. The summed E-state index contributed by atoms with van der Waals surface area (Å²) in [6.45, 7) is 3.30. The minimum Gasteiger partial charge on any atom is -0.265 e. The van der Waals surface area contributed by atoms with E-state index in [2.05, 4.69) is 14.6 Å². The maximum Gasteiger partial charge on any atom is 0.358 e. The number of hydrogen-bond acceptors (Lipinski definition) is 8. The van der Waals surface area contributed by atoms with E-state index in [1.807, 2.05) is 0 Å². The Morgan fingerprint density at radius 3 is 1.64 bits per heavy atom. The predicted molar refractivity (Wildman–Crippen MR) is 105 cm³/mol. The molecule has 28 heavy (non-hydrogen) atoms. The van der Waals surface area contributed by atoms with Gasteiger partial charge < -0.3 is 0 Å². The molecule has 0 atom stereocenters. The van der Waals surface area contributed by atoms with Crippen molar-refractivity contribution in [1.82, 2.24) is 0 Å². The Balaban J connectivity index is 2.05. The fraction of sp³-hybridized carbons (Fsp3) is 0.222. The molecule has 2 aromatic carbocycles. The lowest BCUT2D eigenvalue weighted by Gasteiger charge is -2.06. The third-order valence-corrected chi connectivity index (χ3v) is 5.73. The van der Waals surface area contributed by atoms with Gasteiger partial charge in [-0.1, -0.05) is 53.6 Å². The van der Waals surface area contributed by atoms with E-state index in [0.29, 0.717) is 17.8 Å². The minimum absolute atomic E-state index is 0.0168. The molecule has 0 unspecified atom stereocenters. The first-order valence-electron chi connectivity index (χ1n) is 8.31. The van der Waals surface area contributed by atoms with Crippen LogP contribution >= 0.6 is 0 Å². The van der Waals surface area contributed by atoms with Crippen molar-refractivity contribution >= 4 is 31.7 Å². The third kappa shape index (κ3) is 6.17. The molecule has 0 aliphatic rings. The van der Waals surface area contributed by atoms with Crippen LogP contribution in [0.2, 0.25) is 0 Å². The fourth-order valence-electron chi connectivity index (χ4n) is 2.02. The Hall–Kier alpha value is -2.72. The highest BCUT2D eigenvalue weighted by Gasteiger charge is 2.17. The first kappa shape index (κ1) is 21.6. The molecule has 0 heterocycles. The van der Waals surface area contributed by atoms with Crippen LogP contribution in [-0.4, -0.2) is 28.3 Å². The summed E-state index contributed by atoms with van der Waals surface area (Å²) in [5, 5.41) is 7.28. The molecule has 0 bridgehead atoms. The molecule has 150 valence electrons. The van der Waals surface area contributed by atoms with Crippen LogP contribution in [0.3, 0.4) is 0 Å². The van der Waals surface area contributed by atoms with Gasteiger partial charge in [0.25, 0.3) is 0 Å². The summed E-state index contributed by atoms with van der Waals surface area (Å²) in [4.78, 5) is -0.0369. The van der Waals surface area contributed by atoms with Gasteiger partial charge in [0.05, 0.1) is 11.4 Å². The van der Waals surface area contributed by atoms with Crippen LogP contribution in [0.4, 0.5) is 0 Å². The molecule has 0 aliphatic carbocycles. The van der Waals surface area contributed by atoms with E-state index in [-0.39, 0.29) is 16.2 Å². The van der Waals surface area contributed by atoms with Crippen molar-refractivity contribution in [2.75, 3.05) is 0 Å². The zero-order chi connectivity index (χ0) is 20.6. The van der Waals surface area contributed by atoms with Gasteiger partial charge in [-0.05, 0) is 37.6 Å². The first-order valence-corrected chi connectivity index (χ1v) is 11.1. The minimum atomic E-state index is -4.03. The van der Waals surface area contributed by atoms with Crippen molar-refractivity contribution in [2.45, 2.75) is 36.5 Å². The number of benzene rings is 2. The van der Waals surface area contributed by atoms with E-state index in [1.54, 1.807) is 43.3 Å². The van der Waals surface area contributed by atoms with Crippen LogP contribution in [0, 0.1) is 0 Å². The number of rotatable bonds is 9. The summed E-state index contributed by atoms with van der Waals surface area (Å²) in [6.07, 6.45) is 0.466. The van der Waals surface area contributed by atoms with E-state index in [0.717, 1.165) is 0 Å². The topological polar surface area (TPSA) is 111 Å². The van der Waals surface area contributed by atoms with Gasteiger partial charge in [-0.15, -0.1) is 0 Å². The molecule has 0 aliphatic heterocycles. The molecule has 0 saturated heterocycles. The van der Waals surface area contributed by atoms with Crippen molar-refractivity contribution in [1.29, 1.82) is 0 Å². The molecule has 0 fully saturated rings. The zero-order valence-corrected chi connectivity index (χ0v) is 17.0. The summed E-state index contributed by atoms with van der Waals surface area (Å²) in [7, 11) is -8.05. The maximum absolute atomic E-state index is 12.1. The lowest BCUT2D eigenvalue weighted by atomic mass is 10.1. The fourth-order valence-corrected chi connectivity index (χ4v) is 3.61. The molecule has 2 aromatic rings. The maximum atomic E-state index is 12.1. The average molecular weight is 425 g/mol. The van der Waals surface area contributed by atoms with Crippen molar-refractivity contribution in [3.8, 4) is 0 Å². The summed E-state index contributed by atoms with van der Waals surface area (Å²) in [5.74, 6) is 0. The van der Waals surface area contributed by atoms with E-state index in [9.17, 15) is 16.8 Å². The Morgan fingerprint density at radius 2 is 1.21 bits per heavy atom. The van der Waals surface area contributed by atoms with Crippen LogP contribution in [0.25, 0.3) is 0 Å². The summed E-state index contributed by atoms with van der Waals surface area (Å²) in [5.41, 5.74) is 0.655. The Labute approximate surface area is 164 Å². The molecule has 0 saturated carbocycles. The molecule has 2 rings (SSSR count). The van der Waals surface area contributed by atoms with Crippen LogP contribution < -0.4 is 0 Å². The molecule has 0 aromatic heterocycles. The van der Waals surface area contributed by atoms with Gasteiger partial charge in [-0.2, -0.15) is 16.8 Å². The SMILES string of the molecule is CCC(CC(C)=NOS(=O)(=O)c1ccccc1)=NOS(=O)(=O)c1ccccc1. The quantitative estimate of drug-likeness (QED) is 0.451. The molecule has 0 amide bonds. The summed E-state index contributed by atoms with van der Waals surface area (Å²) < 4.78 is 57.7. The second-order valence-electron chi connectivity index (χ2n) is 5.70. The molecular weight excluding hydrogens is 404 g/mol. The standard InChI is InChI=1S/C18H20N2O6S2/c1-3-16(20-26-28(23,24)18-12-8-5-9-13-18)14-15(2)19-25-27(21,22)17-10-6-4-7-11-17/h4-13H,3,14H2,1-2H3. The van der Waals surface area contributed by atoms with Crippen molar-refractivity contribution in [2.24, 2.45) is 10.3 Å².